The monoisotopic (exact) mass is 507 g/mol. The first-order valence-corrected chi connectivity index (χ1v) is 12.6. The molecule has 4 aromatic carbocycles. The van der Waals surface area contributed by atoms with Crippen LogP contribution in [0.25, 0.3) is 11.1 Å². The van der Waals surface area contributed by atoms with Gasteiger partial charge in [-0.05, 0) is 40.3 Å². The van der Waals surface area contributed by atoms with E-state index in [9.17, 15) is 14.7 Å². The highest BCUT2D eigenvalue weighted by atomic mass is 16.6. The summed E-state index contributed by atoms with van der Waals surface area (Å²) >= 11 is 0. The molecule has 6 heteroatoms. The van der Waals surface area contributed by atoms with Gasteiger partial charge in [0.15, 0.2) is 12.1 Å². The third-order valence-electron chi connectivity index (χ3n) is 6.79. The number of nitrogens with one attached hydrogen (secondary N) is 1. The molecular weight excluding hydrogens is 478 g/mol. The van der Waals surface area contributed by atoms with Crippen LogP contribution in [-0.4, -0.2) is 35.9 Å². The summed E-state index contributed by atoms with van der Waals surface area (Å²) in [4.78, 5) is 26.0. The molecule has 0 spiro atoms. The van der Waals surface area contributed by atoms with Crippen molar-refractivity contribution in [1.29, 1.82) is 0 Å². The van der Waals surface area contributed by atoms with Gasteiger partial charge in [0.2, 0.25) is 0 Å². The topological polar surface area (TPSA) is 84.9 Å². The number of ether oxygens (including phenoxy) is 2. The molecule has 1 aliphatic carbocycles. The zero-order valence-electron chi connectivity index (χ0n) is 21.0. The van der Waals surface area contributed by atoms with Crippen LogP contribution >= 0.6 is 0 Å². The van der Waals surface area contributed by atoms with Crippen molar-refractivity contribution in [2.24, 2.45) is 0 Å². The van der Waals surface area contributed by atoms with Crippen molar-refractivity contribution in [1.82, 2.24) is 5.32 Å². The summed E-state index contributed by atoms with van der Waals surface area (Å²) in [6.07, 6.45) is -2.70. The van der Waals surface area contributed by atoms with Gasteiger partial charge < -0.3 is 19.9 Å². The van der Waals surface area contributed by atoms with E-state index >= 15 is 0 Å². The fraction of sp³-hybridized carbons (Fsp3) is 0.188. The summed E-state index contributed by atoms with van der Waals surface area (Å²) in [5.41, 5.74) is 5.96. The lowest BCUT2D eigenvalue weighted by Gasteiger charge is -2.25. The molecule has 0 fully saturated rings. The number of aliphatic hydroxyl groups excluding tert-OH is 1. The number of carbonyl (C=O) groups excluding carboxylic acids is 2. The fourth-order valence-electron chi connectivity index (χ4n) is 4.92. The van der Waals surface area contributed by atoms with Crippen LogP contribution in [0.15, 0.2) is 109 Å². The summed E-state index contributed by atoms with van der Waals surface area (Å²) in [5.74, 6) is -0.878. The first-order chi connectivity index (χ1) is 18.5. The van der Waals surface area contributed by atoms with E-state index < -0.39 is 30.3 Å². The molecule has 1 aliphatic rings. The zero-order chi connectivity index (χ0) is 26.5. The molecule has 0 unspecified atom stereocenters. The van der Waals surface area contributed by atoms with E-state index in [0.29, 0.717) is 0 Å². The van der Waals surface area contributed by atoms with Crippen molar-refractivity contribution in [2.45, 2.75) is 31.1 Å². The number of amides is 1. The first kappa shape index (κ1) is 25.2. The highest BCUT2D eigenvalue weighted by molar-refractivity contribution is 5.83. The number of carbonyl (C=O) groups is 2. The maximum atomic E-state index is 13.2. The number of alkyl carbamates (subject to hydrolysis) is 1. The highest BCUT2D eigenvalue weighted by Gasteiger charge is 2.33. The van der Waals surface area contributed by atoms with Crippen LogP contribution in [0.3, 0.4) is 0 Å². The number of hydrogen-bond acceptors (Lipinski definition) is 5. The van der Waals surface area contributed by atoms with Gasteiger partial charge in [-0.1, -0.05) is 109 Å². The van der Waals surface area contributed by atoms with Crippen molar-refractivity contribution in [3.8, 4) is 11.1 Å². The lowest BCUT2D eigenvalue weighted by Crippen LogP contribution is -2.49. The molecule has 0 bridgehead atoms. The number of benzene rings is 4. The molecule has 0 radical (unpaired) electrons. The molecule has 0 heterocycles. The molecule has 4 aromatic rings. The second kappa shape index (κ2) is 11.3. The Hall–Kier alpha value is -4.42. The standard InChI is InChI=1S/C32H29NO5/c1-21(34)29(31(35)38-30(22-12-4-2-5-13-22)23-14-6-3-7-15-23)33-32(36)37-20-28-26-18-10-8-16-24(26)25-17-9-11-19-27(25)28/h2-19,21,28-30,34H,20H2,1H3,(H,33,36)/t21-,29+/m0/s1. The minimum absolute atomic E-state index is 0.0953. The van der Waals surface area contributed by atoms with E-state index in [1.165, 1.54) is 6.92 Å². The smallest absolute Gasteiger partial charge is 0.407 e. The lowest BCUT2D eigenvalue weighted by molar-refractivity contribution is -0.152. The summed E-state index contributed by atoms with van der Waals surface area (Å²) in [7, 11) is 0. The Labute approximate surface area is 221 Å². The summed E-state index contributed by atoms with van der Waals surface area (Å²) in [6, 6.07) is 33.4. The second-order valence-electron chi connectivity index (χ2n) is 9.33. The Morgan fingerprint density at radius 3 is 1.74 bits per heavy atom. The van der Waals surface area contributed by atoms with E-state index in [-0.39, 0.29) is 12.5 Å². The quantitative estimate of drug-likeness (QED) is 0.303. The minimum atomic E-state index is -1.31. The molecular formula is C32H29NO5. The minimum Gasteiger partial charge on any atom is -0.451 e. The Bertz CT molecular complexity index is 1320. The predicted molar refractivity (Wildman–Crippen MR) is 144 cm³/mol. The van der Waals surface area contributed by atoms with E-state index in [1.807, 2.05) is 97.1 Å². The van der Waals surface area contributed by atoms with Gasteiger partial charge in [-0.2, -0.15) is 0 Å². The number of fused-ring (bicyclic) bond motifs is 3. The zero-order valence-corrected chi connectivity index (χ0v) is 21.0. The number of aliphatic hydroxyl groups is 1. The Kier molecular flexibility index (Phi) is 7.52. The van der Waals surface area contributed by atoms with Crippen LogP contribution in [0.5, 0.6) is 0 Å². The van der Waals surface area contributed by atoms with Gasteiger partial charge in [0.25, 0.3) is 0 Å². The van der Waals surface area contributed by atoms with E-state index in [4.69, 9.17) is 9.47 Å². The fourth-order valence-corrected chi connectivity index (χ4v) is 4.92. The normalized spacial score (nSPS) is 13.8. The van der Waals surface area contributed by atoms with Gasteiger partial charge in [0, 0.05) is 5.92 Å². The molecule has 38 heavy (non-hydrogen) atoms. The summed E-state index contributed by atoms with van der Waals surface area (Å²) < 4.78 is 11.4. The molecule has 5 rings (SSSR count). The van der Waals surface area contributed by atoms with Crippen LogP contribution in [-0.2, 0) is 14.3 Å². The molecule has 0 saturated carbocycles. The molecule has 6 nitrogen and oxygen atoms in total. The van der Waals surface area contributed by atoms with Crippen molar-refractivity contribution >= 4 is 12.1 Å². The second-order valence-corrected chi connectivity index (χ2v) is 9.33. The average Bonchev–Trinajstić information content (AvgIpc) is 3.28. The summed E-state index contributed by atoms with van der Waals surface area (Å²) in [6.45, 7) is 1.52. The molecule has 2 N–H and O–H groups in total. The van der Waals surface area contributed by atoms with E-state index in [0.717, 1.165) is 33.4 Å². The largest absolute Gasteiger partial charge is 0.451 e. The summed E-state index contributed by atoms with van der Waals surface area (Å²) in [5, 5.41) is 12.9. The number of hydrogen-bond donors (Lipinski definition) is 2. The first-order valence-electron chi connectivity index (χ1n) is 12.6. The van der Waals surface area contributed by atoms with Crippen molar-refractivity contribution in [3.63, 3.8) is 0 Å². The Balaban J connectivity index is 1.28. The van der Waals surface area contributed by atoms with Crippen LogP contribution in [0, 0.1) is 0 Å². The van der Waals surface area contributed by atoms with E-state index in [1.54, 1.807) is 0 Å². The third-order valence-corrected chi connectivity index (χ3v) is 6.79. The predicted octanol–water partition coefficient (Wildman–Crippen LogP) is 5.61. The van der Waals surface area contributed by atoms with E-state index in [2.05, 4.69) is 17.4 Å². The molecule has 192 valence electrons. The third kappa shape index (κ3) is 5.31. The SMILES string of the molecule is C[C@H](O)[C@@H](NC(=O)OCC1c2ccccc2-c2ccccc21)C(=O)OC(c1ccccc1)c1ccccc1. The van der Waals surface area contributed by atoms with Crippen molar-refractivity contribution in [2.75, 3.05) is 6.61 Å². The molecule has 2 atom stereocenters. The van der Waals surface area contributed by atoms with Gasteiger partial charge in [-0.3, -0.25) is 0 Å². The molecule has 0 aliphatic heterocycles. The van der Waals surface area contributed by atoms with Crippen LogP contribution in [0.2, 0.25) is 0 Å². The maximum Gasteiger partial charge on any atom is 0.407 e. The molecule has 1 amide bonds. The van der Waals surface area contributed by atoms with Crippen LogP contribution < -0.4 is 5.32 Å². The van der Waals surface area contributed by atoms with Crippen LogP contribution in [0.4, 0.5) is 4.79 Å². The van der Waals surface area contributed by atoms with Gasteiger partial charge in [0.1, 0.15) is 6.61 Å². The molecule has 0 aromatic heterocycles. The van der Waals surface area contributed by atoms with Gasteiger partial charge in [0.05, 0.1) is 6.10 Å². The molecule has 0 saturated heterocycles. The highest BCUT2D eigenvalue weighted by Crippen LogP contribution is 2.44. The number of esters is 1. The van der Waals surface area contributed by atoms with Gasteiger partial charge in [-0.25, -0.2) is 9.59 Å². The van der Waals surface area contributed by atoms with Crippen LogP contribution in [0.1, 0.15) is 41.2 Å². The van der Waals surface area contributed by atoms with Crippen molar-refractivity contribution < 1.29 is 24.2 Å². The Morgan fingerprint density at radius 2 is 1.24 bits per heavy atom. The number of rotatable bonds is 8. The maximum absolute atomic E-state index is 13.2. The van der Waals surface area contributed by atoms with Gasteiger partial charge in [-0.15, -0.1) is 0 Å². The van der Waals surface area contributed by atoms with Gasteiger partial charge >= 0.3 is 12.1 Å². The Morgan fingerprint density at radius 1 is 0.763 bits per heavy atom. The van der Waals surface area contributed by atoms with Crippen molar-refractivity contribution in [3.05, 3.63) is 131 Å². The lowest BCUT2D eigenvalue weighted by atomic mass is 9.98. The average molecular weight is 508 g/mol.